The number of aromatic hydroxyl groups is 1. The van der Waals surface area contributed by atoms with Crippen molar-refractivity contribution in [1.82, 2.24) is 4.57 Å². The predicted molar refractivity (Wildman–Crippen MR) is 95.0 cm³/mol. The molecule has 0 saturated heterocycles. The van der Waals surface area contributed by atoms with E-state index >= 15 is 0 Å². The van der Waals surface area contributed by atoms with Crippen molar-refractivity contribution >= 4 is 5.78 Å². The number of Topliss-reactive ketones (excluding diaryl/α,β-unsaturated/α-hetero) is 1. The number of benzene rings is 2. The van der Waals surface area contributed by atoms with Gasteiger partial charge < -0.3 is 9.84 Å². The molecule has 3 rings (SSSR count). The maximum absolute atomic E-state index is 12.6. The fourth-order valence-corrected chi connectivity index (χ4v) is 2.66. The van der Waals surface area contributed by atoms with Crippen molar-refractivity contribution < 1.29 is 14.6 Å². The summed E-state index contributed by atoms with van der Waals surface area (Å²) in [5.74, 6) is 0.578. The van der Waals surface area contributed by atoms with Gasteiger partial charge in [-0.3, -0.25) is 14.2 Å². The Labute approximate surface area is 144 Å². The highest BCUT2D eigenvalue weighted by Crippen LogP contribution is 2.23. The van der Waals surface area contributed by atoms with E-state index in [2.05, 4.69) is 0 Å². The van der Waals surface area contributed by atoms with E-state index in [1.807, 2.05) is 30.3 Å². The molecule has 0 bridgehead atoms. The first-order valence-electron chi connectivity index (χ1n) is 7.77. The standard InChI is InChI=1S/C20H17NO4/c1-13-12-18(23)19(14(2)22)20(24)21(13)15-8-10-17(11-9-15)25-16-6-4-3-5-7-16/h3-12,23H,1-2H3. The number of carbonyl (C=O) groups is 1. The first kappa shape index (κ1) is 16.5. The molecule has 1 heterocycles. The van der Waals surface area contributed by atoms with Crippen molar-refractivity contribution in [3.8, 4) is 22.9 Å². The Balaban J connectivity index is 1.99. The van der Waals surface area contributed by atoms with Gasteiger partial charge in [0.1, 0.15) is 22.8 Å². The van der Waals surface area contributed by atoms with Crippen LogP contribution in [0.4, 0.5) is 0 Å². The molecule has 0 aliphatic carbocycles. The number of ketones is 1. The molecule has 0 atom stereocenters. The van der Waals surface area contributed by atoms with E-state index in [9.17, 15) is 14.7 Å². The third kappa shape index (κ3) is 3.30. The molecule has 3 aromatic rings. The van der Waals surface area contributed by atoms with Gasteiger partial charge in [-0.2, -0.15) is 0 Å². The van der Waals surface area contributed by atoms with E-state index in [4.69, 9.17) is 4.74 Å². The highest BCUT2D eigenvalue weighted by atomic mass is 16.5. The summed E-state index contributed by atoms with van der Waals surface area (Å²) in [7, 11) is 0. The lowest BCUT2D eigenvalue weighted by Gasteiger charge is -2.13. The lowest BCUT2D eigenvalue weighted by atomic mass is 10.1. The van der Waals surface area contributed by atoms with Crippen molar-refractivity contribution in [2.24, 2.45) is 0 Å². The molecule has 1 N–H and O–H groups in total. The Bertz CT molecular complexity index is 973. The fraction of sp³-hybridized carbons (Fsp3) is 0.100. The Kier molecular flexibility index (Phi) is 4.39. The summed E-state index contributed by atoms with van der Waals surface area (Å²) in [5, 5.41) is 9.87. The average molecular weight is 335 g/mol. The molecule has 0 saturated carbocycles. The molecule has 0 amide bonds. The first-order chi connectivity index (χ1) is 12.0. The van der Waals surface area contributed by atoms with Gasteiger partial charge in [0.2, 0.25) is 0 Å². The SMILES string of the molecule is CC(=O)c1c(O)cc(C)n(-c2ccc(Oc3ccccc3)cc2)c1=O. The van der Waals surface area contributed by atoms with E-state index in [1.54, 1.807) is 31.2 Å². The number of aryl methyl sites for hydroxylation is 1. The quantitative estimate of drug-likeness (QED) is 0.735. The van der Waals surface area contributed by atoms with Crippen LogP contribution >= 0.6 is 0 Å². The summed E-state index contributed by atoms with van der Waals surface area (Å²) in [5.41, 5.74) is 0.367. The van der Waals surface area contributed by atoms with Gasteiger partial charge in [0.25, 0.3) is 5.56 Å². The summed E-state index contributed by atoms with van der Waals surface area (Å²) < 4.78 is 7.12. The Morgan fingerprint density at radius 2 is 1.60 bits per heavy atom. The maximum Gasteiger partial charge on any atom is 0.269 e. The molecule has 0 aliphatic heterocycles. The molecule has 0 spiro atoms. The van der Waals surface area contributed by atoms with E-state index in [1.165, 1.54) is 17.6 Å². The van der Waals surface area contributed by atoms with Crippen LogP contribution in [0.3, 0.4) is 0 Å². The molecule has 5 heteroatoms. The lowest BCUT2D eigenvalue weighted by Crippen LogP contribution is -2.26. The van der Waals surface area contributed by atoms with Gasteiger partial charge in [0, 0.05) is 17.4 Å². The van der Waals surface area contributed by atoms with Crippen LogP contribution < -0.4 is 10.3 Å². The summed E-state index contributed by atoms with van der Waals surface area (Å²) in [6.07, 6.45) is 0. The van der Waals surface area contributed by atoms with Crippen molar-refractivity contribution in [1.29, 1.82) is 0 Å². The molecular formula is C20H17NO4. The normalized spacial score (nSPS) is 10.5. The Hall–Kier alpha value is -3.34. The number of carbonyl (C=O) groups excluding carboxylic acids is 1. The number of hydrogen-bond donors (Lipinski definition) is 1. The van der Waals surface area contributed by atoms with Gasteiger partial charge in [0.05, 0.1) is 0 Å². The molecule has 0 fully saturated rings. The van der Waals surface area contributed by atoms with Gasteiger partial charge in [-0.1, -0.05) is 18.2 Å². The van der Waals surface area contributed by atoms with Crippen molar-refractivity contribution in [3.05, 3.63) is 82.3 Å². The monoisotopic (exact) mass is 335 g/mol. The number of hydrogen-bond acceptors (Lipinski definition) is 4. The largest absolute Gasteiger partial charge is 0.507 e. The third-order valence-corrected chi connectivity index (χ3v) is 3.80. The zero-order valence-electron chi connectivity index (χ0n) is 13.9. The smallest absolute Gasteiger partial charge is 0.269 e. The zero-order chi connectivity index (χ0) is 18.0. The zero-order valence-corrected chi connectivity index (χ0v) is 13.9. The second-order valence-electron chi connectivity index (χ2n) is 5.65. The molecule has 126 valence electrons. The van der Waals surface area contributed by atoms with Gasteiger partial charge >= 0.3 is 0 Å². The number of para-hydroxylation sites is 1. The summed E-state index contributed by atoms with van der Waals surface area (Å²) in [6, 6.07) is 17.7. The molecule has 25 heavy (non-hydrogen) atoms. The molecule has 0 aliphatic rings. The molecule has 0 unspecified atom stereocenters. The van der Waals surface area contributed by atoms with Crippen LogP contribution in [0.1, 0.15) is 23.0 Å². The first-order valence-corrected chi connectivity index (χ1v) is 7.77. The summed E-state index contributed by atoms with van der Waals surface area (Å²) >= 11 is 0. The van der Waals surface area contributed by atoms with Crippen LogP contribution in [-0.2, 0) is 0 Å². The predicted octanol–water partition coefficient (Wildman–Crippen LogP) is 3.85. The molecule has 2 aromatic carbocycles. The topological polar surface area (TPSA) is 68.5 Å². The van der Waals surface area contributed by atoms with Crippen LogP contribution in [0.25, 0.3) is 5.69 Å². The van der Waals surface area contributed by atoms with Crippen molar-refractivity contribution in [2.45, 2.75) is 13.8 Å². The van der Waals surface area contributed by atoms with Crippen LogP contribution in [0.5, 0.6) is 17.2 Å². The van der Waals surface area contributed by atoms with Crippen LogP contribution in [0.2, 0.25) is 0 Å². The fourth-order valence-electron chi connectivity index (χ4n) is 2.66. The van der Waals surface area contributed by atoms with Gasteiger partial charge in [-0.05, 0) is 50.2 Å². The van der Waals surface area contributed by atoms with E-state index in [0.29, 0.717) is 22.9 Å². The molecular weight excluding hydrogens is 318 g/mol. The Morgan fingerprint density at radius 3 is 2.20 bits per heavy atom. The highest BCUT2D eigenvalue weighted by Gasteiger charge is 2.17. The van der Waals surface area contributed by atoms with Gasteiger partial charge in [0.15, 0.2) is 5.78 Å². The minimum absolute atomic E-state index is 0.213. The van der Waals surface area contributed by atoms with Crippen molar-refractivity contribution in [3.63, 3.8) is 0 Å². The number of pyridine rings is 1. The van der Waals surface area contributed by atoms with Gasteiger partial charge in [-0.15, -0.1) is 0 Å². The molecule has 5 nitrogen and oxygen atoms in total. The second-order valence-corrected chi connectivity index (χ2v) is 5.65. The Morgan fingerprint density at radius 1 is 1.00 bits per heavy atom. The molecule has 1 aromatic heterocycles. The second kappa shape index (κ2) is 6.65. The van der Waals surface area contributed by atoms with Gasteiger partial charge in [-0.25, -0.2) is 0 Å². The maximum atomic E-state index is 12.6. The number of aromatic nitrogens is 1. The van der Waals surface area contributed by atoms with Crippen LogP contribution in [0, 0.1) is 6.92 Å². The van der Waals surface area contributed by atoms with Crippen molar-refractivity contribution in [2.75, 3.05) is 0 Å². The molecule has 0 radical (unpaired) electrons. The van der Waals surface area contributed by atoms with E-state index in [-0.39, 0.29) is 11.3 Å². The third-order valence-electron chi connectivity index (χ3n) is 3.80. The van der Waals surface area contributed by atoms with Crippen LogP contribution in [0.15, 0.2) is 65.5 Å². The number of rotatable bonds is 4. The lowest BCUT2D eigenvalue weighted by molar-refractivity contribution is 0.101. The van der Waals surface area contributed by atoms with E-state index < -0.39 is 11.3 Å². The van der Waals surface area contributed by atoms with Crippen LogP contribution in [-0.4, -0.2) is 15.5 Å². The number of ether oxygens (including phenoxy) is 1. The minimum atomic E-state index is -0.540. The summed E-state index contributed by atoms with van der Waals surface area (Å²) in [4.78, 5) is 24.2. The minimum Gasteiger partial charge on any atom is -0.507 e. The highest BCUT2D eigenvalue weighted by molar-refractivity contribution is 5.96. The van der Waals surface area contributed by atoms with E-state index in [0.717, 1.165) is 0 Å². The number of nitrogens with zero attached hydrogens (tertiary/aromatic N) is 1. The summed E-state index contributed by atoms with van der Waals surface area (Å²) in [6.45, 7) is 2.95. The average Bonchev–Trinajstić information content (AvgIpc) is 2.56.